The maximum Gasteiger partial charge on any atom is 0.0759 e. The van der Waals surface area contributed by atoms with Crippen LogP contribution >= 0.6 is 0 Å². The third kappa shape index (κ3) is 3.55. The van der Waals surface area contributed by atoms with Gasteiger partial charge in [-0.1, -0.05) is 20.8 Å². The molecule has 1 aromatic rings. The third-order valence-electron chi connectivity index (χ3n) is 2.22. The van der Waals surface area contributed by atoms with Crippen molar-refractivity contribution in [2.45, 2.75) is 27.2 Å². The van der Waals surface area contributed by atoms with Crippen LogP contribution in [0, 0.1) is 5.41 Å². The highest BCUT2D eigenvalue weighted by atomic mass is 15.3. The molecule has 0 saturated heterocycles. The number of hydrogen-bond donors (Lipinski definition) is 2. The Labute approximate surface area is 91.8 Å². The molecule has 0 aliphatic heterocycles. The van der Waals surface area contributed by atoms with Gasteiger partial charge in [0.2, 0.25) is 0 Å². The second-order valence-corrected chi connectivity index (χ2v) is 5.08. The van der Waals surface area contributed by atoms with E-state index in [1.54, 1.807) is 0 Å². The van der Waals surface area contributed by atoms with E-state index in [1.807, 2.05) is 17.9 Å². The highest BCUT2D eigenvalue weighted by molar-refractivity contribution is 5.46. The summed E-state index contributed by atoms with van der Waals surface area (Å²) in [7, 11) is 1.98. The van der Waals surface area contributed by atoms with Gasteiger partial charge in [0.15, 0.2) is 0 Å². The fourth-order valence-electron chi connectivity index (χ4n) is 1.53. The lowest BCUT2D eigenvalue weighted by molar-refractivity contribution is 0.398. The molecule has 0 atom stereocenters. The van der Waals surface area contributed by atoms with Crippen molar-refractivity contribution in [3.05, 3.63) is 11.9 Å². The Bertz CT molecular complexity index is 309. The van der Waals surface area contributed by atoms with Crippen LogP contribution in [-0.2, 0) is 13.5 Å². The Morgan fingerprint density at radius 3 is 2.67 bits per heavy atom. The molecule has 4 nitrogen and oxygen atoms in total. The molecule has 1 rings (SSSR count). The van der Waals surface area contributed by atoms with Gasteiger partial charge in [-0.15, -0.1) is 0 Å². The van der Waals surface area contributed by atoms with Gasteiger partial charge in [-0.2, -0.15) is 5.10 Å². The summed E-state index contributed by atoms with van der Waals surface area (Å²) in [5.74, 6) is 0. The maximum atomic E-state index is 5.47. The molecule has 3 N–H and O–H groups in total. The lowest BCUT2D eigenvalue weighted by Crippen LogP contribution is -2.17. The Balaban J connectivity index is 2.80. The van der Waals surface area contributed by atoms with E-state index in [0.29, 0.717) is 6.54 Å². The number of nitrogens with zero attached hydrogens (tertiary/aromatic N) is 2. The quantitative estimate of drug-likeness (QED) is 0.789. The van der Waals surface area contributed by atoms with E-state index >= 15 is 0 Å². The van der Waals surface area contributed by atoms with Gasteiger partial charge in [0.05, 0.1) is 17.6 Å². The molecule has 0 spiro atoms. The lowest BCUT2D eigenvalue weighted by Gasteiger charge is -2.19. The van der Waals surface area contributed by atoms with Crippen LogP contribution in [0.15, 0.2) is 6.20 Å². The molecule has 1 aromatic heterocycles. The van der Waals surface area contributed by atoms with E-state index in [1.165, 1.54) is 5.69 Å². The summed E-state index contributed by atoms with van der Waals surface area (Å²) < 4.78 is 1.93. The van der Waals surface area contributed by atoms with Crippen molar-refractivity contribution < 1.29 is 0 Å². The predicted molar refractivity (Wildman–Crippen MR) is 63.9 cm³/mol. The van der Waals surface area contributed by atoms with E-state index in [-0.39, 0.29) is 5.41 Å². The Kier molecular flexibility index (Phi) is 3.74. The van der Waals surface area contributed by atoms with E-state index in [0.717, 1.165) is 18.7 Å². The first kappa shape index (κ1) is 12.0. The first-order valence-electron chi connectivity index (χ1n) is 5.39. The summed E-state index contributed by atoms with van der Waals surface area (Å²) in [6.07, 6.45) is 2.88. The molecule has 86 valence electrons. The van der Waals surface area contributed by atoms with E-state index < -0.39 is 0 Å². The van der Waals surface area contributed by atoms with Crippen molar-refractivity contribution in [1.29, 1.82) is 0 Å². The molecule has 1 heterocycles. The third-order valence-corrected chi connectivity index (χ3v) is 2.22. The molecular formula is C11H22N4. The minimum Gasteiger partial charge on any atom is -0.381 e. The molecule has 4 heteroatoms. The summed E-state index contributed by atoms with van der Waals surface area (Å²) in [6.45, 7) is 8.12. The van der Waals surface area contributed by atoms with Gasteiger partial charge in [0.1, 0.15) is 0 Å². The van der Waals surface area contributed by atoms with Gasteiger partial charge in [-0.25, -0.2) is 0 Å². The molecule has 0 radical (unpaired) electrons. The maximum absolute atomic E-state index is 5.47. The van der Waals surface area contributed by atoms with Gasteiger partial charge in [-0.05, 0) is 11.8 Å². The summed E-state index contributed by atoms with van der Waals surface area (Å²) in [5.41, 5.74) is 8.10. The van der Waals surface area contributed by atoms with Crippen molar-refractivity contribution in [3.8, 4) is 0 Å². The van der Waals surface area contributed by atoms with E-state index in [2.05, 4.69) is 31.2 Å². The van der Waals surface area contributed by atoms with Crippen LogP contribution in [0.4, 0.5) is 5.69 Å². The number of nitrogens with one attached hydrogen (secondary N) is 1. The molecule has 0 bridgehead atoms. The largest absolute Gasteiger partial charge is 0.381 e. The summed E-state index contributed by atoms with van der Waals surface area (Å²) in [4.78, 5) is 0. The highest BCUT2D eigenvalue weighted by Gasteiger charge is 2.17. The first-order chi connectivity index (χ1) is 6.94. The number of hydrogen-bond acceptors (Lipinski definition) is 3. The zero-order valence-electron chi connectivity index (χ0n) is 10.2. The molecule has 0 saturated carbocycles. The van der Waals surface area contributed by atoms with E-state index in [9.17, 15) is 0 Å². The molecule has 0 amide bonds. The lowest BCUT2D eigenvalue weighted by atomic mass is 9.90. The Hall–Kier alpha value is -1.03. The predicted octanol–water partition coefficient (Wildman–Crippen LogP) is 1.38. The van der Waals surface area contributed by atoms with Crippen LogP contribution in [0.25, 0.3) is 0 Å². The average Bonchev–Trinajstić information content (AvgIpc) is 2.43. The fraction of sp³-hybridized carbons (Fsp3) is 0.727. The van der Waals surface area contributed by atoms with Crippen LogP contribution in [-0.4, -0.2) is 22.9 Å². The van der Waals surface area contributed by atoms with Gasteiger partial charge in [0.25, 0.3) is 0 Å². The normalized spacial score (nSPS) is 11.8. The smallest absolute Gasteiger partial charge is 0.0759 e. The summed E-state index contributed by atoms with van der Waals surface area (Å²) >= 11 is 0. The average molecular weight is 210 g/mol. The van der Waals surface area contributed by atoms with Crippen molar-refractivity contribution in [2.75, 3.05) is 18.4 Å². The fourth-order valence-corrected chi connectivity index (χ4v) is 1.53. The van der Waals surface area contributed by atoms with Gasteiger partial charge in [-0.3, -0.25) is 4.68 Å². The number of anilines is 1. The van der Waals surface area contributed by atoms with Crippen LogP contribution < -0.4 is 11.1 Å². The van der Waals surface area contributed by atoms with Crippen molar-refractivity contribution in [2.24, 2.45) is 18.2 Å². The molecule has 0 fully saturated rings. The molecule has 15 heavy (non-hydrogen) atoms. The van der Waals surface area contributed by atoms with Crippen LogP contribution in [0.3, 0.4) is 0 Å². The monoisotopic (exact) mass is 210 g/mol. The molecule has 0 aliphatic rings. The molecular weight excluding hydrogens is 188 g/mol. The standard InChI is InChI=1S/C11H22N4/c1-11(2,3)7-10-9(13-6-5-12)8-14-15(10)4/h8,13H,5-7,12H2,1-4H3. The second-order valence-electron chi connectivity index (χ2n) is 5.08. The number of aromatic nitrogens is 2. The number of rotatable bonds is 4. The van der Waals surface area contributed by atoms with Crippen molar-refractivity contribution in [3.63, 3.8) is 0 Å². The topological polar surface area (TPSA) is 55.9 Å². The Morgan fingerprint density at radius 1 is 1.47 bits per heavy atom. The zero-order valence-corrected chi connectivity index (χ0v) is 10.2. The van der Waals surface area contributed by atoms with Crippen molar-refractivity contribution >= 4 is 5.69 Å². The van der Waals surface area contributed by atoms with Gasteiger partial charge < -0.3 is 11.1 Å². The number of aryl methyl sites for hydroxylation is 1. The van der Waals surface area contributed by atoms with Crippen LogP contribution in [0.2, 0.25) is 0 Å². The molecule has 0 unspecified atom stereocenters. The van der Waals surface area contributed by atoms with Gasteiger partial charge in [0, 0.05) is 20.1 Å². The highest BCUT2D eigenvalue weighted by Crippen LogP contribution is 2.25. The summed E-state index contributed by atoms with van der Waals surface area (Å²) in [6, 6.07) is 0. The number of nitrogens with two attached hydrogens (primary N) is 1. The first-order valence-corrected chi connectivity index (χ1v) is 5.39. The second kappa shape index (κ2) is 4.66. The molecule has 0 aromatic carbocycles. The van der Waals surface area contributed by atoms with Crippen LogP contribution in [0.5, 0.6) is 0 Å². The zero-order chi connectivity index (χ0) is 11.5. The van der Waals surface area contributed by atoms with E-state index in [4.69, 9.17) is 5.73 Å². The Morgan fingerprint density at radius 2 is 2.13 bits per heavy atom. The minimum absolute atomic E-state index is 0.271. The van der Waals surface area contributed by atoms with Crippen LogP contribution in [0.1, 0.15) is 26.5 Å². The minimum atomic E-state index is 0.271. The summed E-state index contributed by atoms with van der Waals surface area (Å²) in [5, 5.41) is 7.57. The SMILES string of the molecule is Cn1ncc(NCCN)c1CC(C)(C)C. The van der Waals surface area contributed by atoms with Gasteiger partial charge >= 0.3 is 0 Å². The van der Waals surface area contributed by atoms with Crippen molar-refractivity contribution in [1.82, 2.24) is 9.78 Å². The molecule has 0 aliphatic carbocycles.